The van der Waals surface area contributed by atoms with Gasteiger partial charge in [-0.25, -0.2) is 4.79 Å². The zero-order valence-electron chi connectivity index (χ0n) is 14.7. The summed E-state index contributed by atoms with van der Waals surface area (Å²) in [7, 11) is 0. The molecule has 2 amide bonds. The summed E-state index contributed by atoms with van der Waals surface area (Å²) in [5, 5.41) is 3.18. The molecule has 2 fully saturated rings. The van der Waals surface area contributed by atoms with Gasteiger partial charge in [0, 0.05) is 38.8 Å². The molecule has 128 valence electrons. The molecule has 0 spiro atoms. The van der Waals surface area contributed by atoms with E-state index < -0.39 is 0 Å². The molecule has 0 saturated carbocycles. The van der Waals surface area contributed by atoms with Crippen molar-refractivity contribution < 1.29 is 9.53 Å². The fourth-order valence-corrected chi connectivity index (χ4v) is 3.83. The molecule has 2 rings (SSSR count). The normalized spacial score (nSPS) is 28.7. The summed E-state index contributed by atoms with van der Waals surface area (Å²) in [6, 6.07) is 0.504. The number of piperidine rings is 1. The van der Waals surface area contributed by atoms with Crippen LogP contribution in [0, 0.1) is 17.8 Å². The van der Waals surface area contributed by atoms with Gasteiger partial charge in [-0.05, 0) is 24.2 Å². The number of morpholine rings is 1. The van der Waals surface area contributed by atoms with Gasteiger partial charge in [-0.15, -0.1) is 0 Å². The molecule has 5 nitrogen and oxygen atoms in total. The fourth-order valence-electron chi connectivity index (χ4n) is 3.83. The first-order chi connectivity index (χ1) is 10.5. The first-order valence-electron chi connectivity index (χ1n) is 8.82. The van der Waals surface area contributed by atoms with Crippen LogP contribution in [0.5, 0.6) is 0 Å². The molecular weight excluding hydrogens is 278 g/mol. The minimum atomic E-state index is 0.109. The molecular formula is C17H33N3O2. The highest BCUT2D eigenvalue weighted by Gasteiger charge is 2.28. The van der Waals surface area contributed by atoms with E-state index in [9.17, 15) is 4.79 Å². The van der Waals surface area contributed by atoms with E-state index in [1.807, 2.05) is 4.90 Å². The highest BCUT2D eigenvalue weighted by molar-refractivity contribution is 5.74. The molecule has 1 N–H and O–H groups in total. The summed E-state index contributed by atoms with van der Waals surface area (Å²) in [6.45, 7) is 15.0. The molecule has 3 unspecified atom stereocenters. The summed E-state index contributed by atoms with van der Waals surface area (Å²) in [5.41, 5.74) is 0. The van der Waals surface area contributed by atoms with Gasteiger partial charge in [0.15, 0.2) is 0 Å². The van der Waals surface area contributed by atoms with Gasteiger partial charge in [0.2, 0.25) is 0 Å². The number of nitrogens with one attached hydrogen (secondary N) is 1. The summed E-state index contributed by atoms with van der Waals surface area (Å²) in [5.74, 6) is 1.74. The van der Waals surface area contributed by atoms with Crippen molar-refractivity contribution in [3.63, 3.8) is 0 Å². The van der Waals surface area contributed by atoms with Crippen LogP contribution in [-0.2, 0) is 4.74 Å². The number of amides is 2. The van der Waals surface area contributed by atoms with Crippen LogP contribution in [0.15, 0.2) is 0 Å². The molecule has 0 aromatic carbocycles. The number of hydrogen-bond donors (Lipinski definition) is 1. The smallest absolute Gasteiger partial charge is 0.317 e. The average molecular weight is 311 g/mol. The molecule has 0 aromatic heterocycles. The van der Waals surface area contributed by atoms with Gasteiger partial charge in [-0.2, -0.15) is 0 Å². The van der Waals surface area contributed by atoms with Crippen molar-refractivity contribution in [2.24, 2.45) is 17.8 Å². The second-order valence-corrected chi connectivity index (χ2v) is 7.50. The van der Waals surface area contributed by atoms with E-state index in [1.54, 1.807) is 0 Å². The number of likely N-dealkylation sites (tertiary alicyclic amines) is 1. The SMILES string of the molecule is CC1CC(C)CN(C(=O)NCC(C(C)C)N2CCOCC2)C1. The molecule has 2 heterocycles. The Labute approximate surface area is 135 Å². The maximum Gasteiger partial charge on any atom is 0.317 e. The number of rotatable bonds is 4. The number of nitrogens with zero attached hydrogens (tertiary/aromatic N) is 2. The lowest BCUT2D eigenvalue weighted by atomic mass is 9.92. The van der Waals surface area contributed by atoms with Crippen molar-refractivity contribution >= 4 is 6.03 Å². The van der Waals surface area contributed by atoms with Crippen molar-refractivity contribution in [2.45, 2.75) is 40.2 Å². The second-order valence-electron chi connectivity index (χ2n) is 7.50. The Kier molecular flexibility index (Phi) is 6.50. The summed E-state index contributed by atoms with van der Waals surface area (Å²) in [6.07, 6.45) is 1.23. The molecule has 2 aliphatic heterocycles. The van der Waals surface area contributed by atoms with Crippen molar-refractivity contribution in [3.05, 3.63) is 0 Å². The fraction of sp³-hybridized carbons (Fsp3) is 0.941. The molecule has 22 heavy (non-hydrogen) atoms. The lowest BCUT2D eigenvalue weighted by molar-refractivity contribution is 0.00678. The first-order valence-corrected chi connectivity index (χ1v) is 8.82. The lowest BCUT2D eigenvalue weighted by Crippen LogP contribution is -2.54. The van der Waals surface area contributed by atoms with Crippen LogP contribution >= 0.6 is 0 Å². The summed E-state index contributed by atoms with van der Waals surface area (Å²) in [4.78, 5) is 16.9. The largest absolute Gasteiger partial charge is 0.379 e. The van der Waals surface area contributed by atoms with Gasteiger partial charge < -0.3 is 15.0 Å². The van der Waals surface area contributed by atoms with Crippen molar-refractivity contribution in [1.82, 2.24) is 15.1 Å². The lowest BCUT2D eigenvalue weighted by Gasteiger charge is -2.38. The van der Waals surface area contributed by atoms with Gasteiger partial charge >= 0.3 is 6.03 Å². The van der Waals surface area contributed by atoms with Gasteiger partial charge in [-0.1, -0.05) is 27.7 Å². The first kappa shape index (κ1) is 17.5. The molecule has 0 aliphatic carbocycles. The standard InChI is InChI=1S/C17H33N3O2/c1-13(2)16(19-5-7-22-8-6-19)10-18-17(21)20-11-14(3)9-15(4)12-20/h13-16H,5-12H2,1-4H3,(H,18,21). The predicted molar refractivity (Wildman–Crippen MR) is 88.9 cm³/mol. The van der Waals surface area contributed by atoms with E-state index in [-0.39, 0.29) is 6.03 Å². The third kappa shape index (κ3) is 4.85. The van der Waals surface area contributed by atoms with E-state index in [0.717, 1.165) is 45.9 Å². The van der Waals surface area contributed by atoms with Gasteiger partial charge in [-0.3, -0.25) is 4.90 Å². The third-order valence-corrected chi connectivity index (χ3v) is 4.90. The van der Waals surface area contributed by atoms with E-state index in [2.05, 4.69) is 37.9 Å². The Morgan fingerprint density at radius 3 is 2.32 bits per heavy atom. The molecule has 0 radical (unpaired) electrons. The zero-order chi connectivity index (χ0) is 16.1. The van der Waals surface area contributed by atoms with Gasteiger partial charge in [0.25, 0.3) is 0 Å². The van der Waals surface area contributed by atoms with Gasteiger partial charge in [0.05, 0.1) is 13.2 Å². The van der Waals surface area contributed by atoms with Crippen LogP contribution in [0.25, 0.3) is 0 Å². The number of carbonyl (C=O) groups is 1. The summed E-state index contributed by atoms with van der Waals surface area (Å²) < 4.78 is 5.44. The summed E-state index contributed by atoms with van der Waals surface area (Å²) >= 11 is 0. The van der Waals surface area contributed by atoms with Crippen LogP contribution in [0.1, 0.15) is 34.1 Å². The molecule has 0 bridgehead atoms. The van der Waals surface area contributed by atoms with E-state index in [0.29, 0.717) is 23.8 Å². The van der Waals surface area contributed by atoms with Crippen LogP contribution in [-0.4, -0.2) is 67.8 Å². The van der Waals surface area contributed by atoms with E-state index in [4.69, 9.17) is 4.74 Å². The van der Waals surface area contributed by atoms with Crippen LogP contribution in [0.3, 0.4) is 0 Å². The average Bonchev–Trinajstić information content (AvgIpc) is 2.47. The Hall–Kier alpha value is -0.810. The molecule has 5 heteroatoms. The molecule has 2 aliphatic rings. The number of urea groups is 1. The topological polar surface area (TPSA) is 44.8 Å². The Morgan fingerprint density at radius 1 is 1.18 bits per heavy atom. The highest BCUT2D eigenvalue weighted by atomic mass is 16.5. The van der Waals surface area contributed by atoms with Crippen LogP contribution in [0.4, 0.5) is 4.79 Å². The monoisotopic (exact) mass is 311 g/mol. The second kappa shape index (κ2) is 8.16. The Bertz CT molecular complexity index is 346. The quantitative estimate of drug-likeness (QED) is 0.864. The number of ether oxygens (including phenoxy) is 1. The molecule has 0 aromatic rings. The van der Waals surface area contributed by atoms with Gasteiger partial charge in [0.1, 0.15) is 0 Å². The maximum absolute atomic E-state index is 12.5. The Morgan fingerprint density at radius 2 is 1.77 bits per heavy atom. The minimum Gasteiger partial charge on any atom is -0.379 e. The minimum absolute atomic E-state index is 0.109. The maximum atomic E-state index is 12.5. The van der Waals surface area contributed by atoms with Crippen molar-refractivity contribution in [3.8, 4) is 0 Å². The van der Waals surface area contributed by atoms with Crippen molar-refractivity contribution in [1.29, 1.82) is 0 Å². The van der Waals surface area contributed by atoms with Crippen molar-refractivity contribution in [2.75, 3.05) is 45.9 Å². The van der Waals surface area contributed by atoms with E-state index >= 15 is 0 Å². The van der Waals surface area contributed by atoms with Crippen LogP contribution in [0.2, 0.25) is 0 Å². The van der Waals surface area contributed by atoms with Crippen LogP contribution < -0.4 is 5.32 Å². The Balaban J connectivity index is 1.84. The molecule has 2 saturated heterocycles. The third-order valence-electron chi connectivity index (χ3n) is 4.90. The number of hydrogen-bond acceptors (Lipinski definition) is 3. The zero-order valence-corrected chi connectivity index (χ0v) is 14.7. The highest BCUT2D eigenvalue weighted by Crippen LogP contribution is 2.21. The molecule has 3 atom stereocenters. The van der Waals surface area contributed by atoms with E-state index in [1.165, 1.54) is 6.42 Å². The predicted octanol–water partition coefficient (Wildman–Crippen LogP) is 2.03. The number of carbonyl (C=O) groups excluding carboxylic acids is 1.